The van der Waals surface area contributed by atoms with Crippen LogP contribution < -0.4 is 11.1 Å². The number of unbranched alkanes of at least 4 members (excludes halogenated alkanes) is 1. The molecule has 0 saturated carbocycles. The van der Waals surface area contributed by atoms with Crippen LogP contribution in [0.4, 0.5) is 14.4 Å². The average molecular weight is 1310 g/mol. The van der Waals surface area contributed by atoms with E-state index in [2.05, 4.69) is 76.7 Å². The Hall–Kier alpha value is -4.59. The van der Waals surface area contributed by atoms with E-state index in [0.717, 1.165) is 177 Å². The number of benzene rings is 3. The van der Waals surface area contributed by atoms with E-state index in [1.807, 2.05) is 75.4 Å². The molecule has 0 aromatic heterocycles. The van der Waals surface area contributed by atoms with Crippen molar-refractivity contribution in [1.82, 2.24) is 5.32 Å². The van der Waals surface area contributed by atoms with Crippen LogP contribution in [0.2, 0.25) is 0 Å². The Labute approximate surface area is 566 Å². The molecule has 9 N–H and O–H groups in total. The van der Waals surface area contributed by atoms with Gasteiger partial charge in [-0.05, 0) is 211 Å². The quantitative estimate of drug-likeness (QED) is 0.0125. The minimum absolute atomic E-state index is 0. The van der Waals surface area contributed by atoms with Gasteiger partial charge < -0.3 is 65.4 Å². The predicted molar refractivity (Wildman–Crippen MR) is 381 cm³/mol. The van der Waals surface area contributed by atoms with Crippen LogP contribution in [0.15, 0.2) is 72.8 Å². The monoisotopic (exact) mass is 1310 g/mol. The summed E-state index contributed by atoms with van der Waals surface area (Å²) in [6, 6.07) is 24.2. The highest BCUT2D eigenvalue weighted by molar-refractivity contribution is 6.11. The summed E-state index contributed by atoms with van der Waals surface area (Å²) < 4.78 is 23.9. The van der Waals surface area contributed by atoms with Gasteiger partial charge in [0.15, 0.2) is 0 Å². The summed E-state index contributed by atoms with van der Waals surface area (Å²) in [4.78, 5) is 33.7. The molecule has 4 rings (SSSR count). The van der Waals surface area contributed by atoms with Crippen molar-refractivity contribution in [1.29, 1.82) is 0 Å². The van der Waals surface area contributed by atoms with Crippen molar-refractivity contribution >= 4 is 26.3 Å². The van der Waals surface area contributed by atoms with E-state index in [-0.39, 0.29) is 19.5 Å². The zero-order valence-corrected chi connectivity index (χ0v) is 60.1. The number of carbonyl (C=O) groups excluding carboxylic acids is 3. The Morgan fingerprint density at radius 3 is 1.13 bits per heavy atom. The highest BCUT2D eigenvalue weighted by Gasteiger charge is 2.28. The van der Waals surface area contributed by atoms with Crippen LogP contribution in [0.5, 0.6) is 0 Å². The number of ether oxygens (including phenoxy) is 5. The molecule has 1 saturated heterocycles. The third-order valence-corrected chi connectivity index (χ3v) is 15.2. The van der Waals surface area contributed by atoms with Crippen molar-refractivity contribution in [3.63, 3.8) is 0 Å². The number of alkyl carbamates (subject to hydrolysis) is 1. The molecule has 16 nitrogen and oxygen atoms in total. The minimum Gasteiger partial charge on any atom is -0.444 e. The lowest BCUT2D eigenvalue weighted by molar-refractivity contribution is -0.0295. The maximum atomic E-state index is 11.7. The van der Waals surface area contributed by atoms with E-state index >= 15 is 0 Å². The highest BCUT2D eigenvalue weighted by atomic mass is 16.8. The van der Waals surface area contributed by atoms with Crippen molar-refractivity contribution in [3.8, 4) is 0 Å². The summed E-state index contributed by atoms with van der Waals surface area (Å²) in [6.45, 7) is 32.0. The Bertz CT molecular complexity index is 2370. The van der Waals surface area contributed by atoms with E-state index in [4.69, 9.17) is 32.5 Å². The van der Waals surface area contributed by atoms with Gasteiger partial charge in [-0.1, -0.05) is 180 Å². The third kappa shape index (κ3) is 45.5. The molecule has 0 aliphatic carbocycles. The lowest BCUT2D eigenvalue weighted by atomic mass is 9.86. The van der Waals surface area contributed by atoms with Gasteiger partial charge in [-0.3, -0.25) is 0 Å². The first-order valence-electron chi connectivity index (χ1n) is 34.7. The van der Waals surface area contributed by atoms with Gasteiger partial charge in [-0.25, -0.2) is 14.4 Å². The lowest BCUT2D eigenvalue weighted by Gasteiger charge is -2.27. The predicted octanol–water partition coefficient (Wildman–Crippen LogP) is 17.2. The fraction of sp³-hybridized carbons (Fsp3) is 0.724. The molecule has 2 radical (unpaired) electrons. The molecule has 4 unspecified atom stereocenters. The van der Waals surface area contributed by atoms with Gasteiger partial charge in [0, 0.05) is 19.2 Å². The smallest absolute Gasteiger partial charge is 0.444 e. The molecule has 3 aromatic carbocycles. The number of hydrogen-bond donors (Lipinski definition) is 8. The number of carbonyl (C=O) groups is 3. The SMILES string of the molecule is C.CC(C)(C)OC(=O)OC(=O)OC(C)(C)C.CCCC(O)(CCC)CCc1cccc(C(O)CCN)c1.CCCC(O)(CCC)CCc1cccc(C(O)CCNC(=O)OC(C)(C)C)c1.CCCCC(O)c1cccc(CCC(O)(CCC)CCC)c1.[B]C1CCCO1. The van der Waals surface area contributed by atoms with Gasteiger partial charge in [-0.2, -0.15) is 0 Å². The zero-order chi connectivity index (χ0) is 70.0. The number of nitrogens with two attached hydrogens (primary N) is 1. The van der Waals surface area contributed by atoms with E-state index in [1.54, 1.807) is 41.5 Å². The average Bonchev–Trinajstić information content (AvgIpc) is 1.47. The summed E-state index contributed by atoms with van der Waals surface area (Å²) in [5.74, 6) is 0. The molecule has 0 spiro atoms. The lowest BCUT2D eigenvalue weighted by Crippen LogP contribution is -2.33. The summed E-state index contributed by atoms with van der Waals surface area (Å²) in [5.41, 5.74) is 8.17. The Balaban J connectivity index is 0. The van der Waals surface area contributed by atoms with Gasteiger partial charge in [0.25, 0.3) is 0 Å². The summed E-state index contributed by atoms with van der Waals surface area (Å²) in [7, 11) is 5.31. The maximum Gasteiger partial charge on any atom is 0.519 e. The maximum absolute atomic E-state index is 11.7. The van der Waals surface area contributed by atoms with Crippen molar-refractivity contribution in [2.75, 3.05) is 19.7 Å². The molecule has 1 aliphatic heterocycles. The molecule has 3 aromatic rings. The van der Waals surface area contributed by atoms with Crippen molar-refractivity contribution in [3.05, 3.63) is 106 Å². The van der Waals surface area contributed by atoms with Crippen LogP contribution in [0.3, 0.4) is 0 Å². The first-order valence-corrected chi connectivity index (χ1v) is 34.7. The Kier molecular flexibility index (Phi) is 46.9. The first-order chi connectivity index (χ1) is 43.1. The molecule has 1 aliphatic rings. The summed E-state index contributed by atoms with van der Waals surface area (Å²) >= 11 is 0. The number of amides is 1. The fourth-order valence-electron chi connectivity index (χ4n) is 10.8. The molecular weight excluding hydrogens is 1180 g/mol. The first kappa shape index (κ1) is 90.5. The van der Waals surface area contributed by atoms with E-state index in [0.29, 0.717) is 25.9 Å². The molecule has 534 valence electrons. The van der Waals surface area contributed by atoms with Gasteiger partial charge in [-0.15, -0.1) is 0 Å². The summed E-state index contributed by atoms with van der Waals surface area (Å²) in [6.07, 6.45) is 18.0. The standard InChI is InChI=1S/C23H39NO4.C20H34O2.C18H31NO2.C10H18O5.C4H7BO.CH4/c1-6-13-23(27,14-7-2)15-11-18-9-8-10-19(17-18)20(25)12-16-24-21(26)28-22(3,4)5;1-4-7-11-19(21)18-10-8-9-17(16-18)12-15-20(22,13-5-2)14-6-3;1-3-10-18(21,11-4-2)12-8-15-6-5-7-16(14-15)17(20)9-13-19;1-9(2,3)14-7(11)13-8(12)15-10(4,5)6;5-4-2-1-3-6-4;/h8-10,17,20,25,27H,6-7,11-16H2,1-5H3,(H,24,26);8-10,16,19,21-22H,4-7,11-15H2,1-3H3;5-7,14,17,20-21H,3-4,8-13,19H2,1-2H3;1-6H3;4H,1-3H2;1H4. The largest absolute Gasteiger partial charge is 0.519 e. The second-order valence-corrected chi connectivity index (χ2v) is 28.0. The van der Waals surface area contributed by atoms with Crippen LogP contribution >= 0.6 is 0 Å². The minimum atomic E-state index is -1.06. The number of aryl methyl sites for hydroxylation is 3. The molecule has 4 atom stereocenters. The topological polar surface area (TPSA) is 257 Å². The normalized spacial score (nSPS) is 14.3. The number of aliphatic hydroxyl groups excluding tert-OH is 3. The molecule has 17 heteroatoms. The Morgan fingerprint density at radius 2 is 0.860 bits per heavy atom. The summed E-state index contributed by atoms with van der Waals surface area (Å²) in [5, 5.41) is 65.5. The van der Waals surface area contributed by atoms with Gasteiger partial charge in [0.2, 0.25) is 0 Å². The van der Waals surface area contributed by atoms with E-state index in [9.17, 15) is 45.0 Å². The molecule has 1 heterocycles. The zero-order valence-electron chi connectivity index (χ0n) is 60.1. The number of rotatable bonds is 32. The number of aliphatic hydroxyl groups is 6. The van der Waals surface area contributed by atoms with Crippen molar-refractivity contribution in [2.24, 2.45) is 5.73 Å². The van der Waals surface area contributed by atoms with Gasteiger partial charge in [0.05, 0.1) is 35.1 Å². The van der Waals surface area contributed by atoms with E-state index in [1.165, 1.54) is 11.1 Å². The molecule has 0 bridgehead atoms. The second-order valence-electron chi connectivity index (χ2n) is 28.0. The molecule has 1 fully saturated rings. The second kappa shape index (κ2) is 48.2. The third-order valence-electron chi connectivity index (χ3n) is 15.2. The van der Waals surface area contributed by atoms with Crippen molar-refractivity contribution < 1.29 is 68.7 Å². The van der Waals surface area contributed by atoms with Crippen molar-refractivity contribution in [2.45, 2.75) is 337 Å². The fourth-order valence-corrected chi connectivity index (χ4v) is 10.8. The molecular formula is C76H133BN2O14. The van der Waals surface area contributed by atoms with Crippen LogP contribution in [0.1, 0.15) is 311 Å². The van der Waals surface area contributed by atoms with Crippen LogP contribution in [-0.2, 0) is 42.9 Å². The molecule has 93 heavy (non-hydrogen) atoms. The van der Waals surface area contributed by atoms with E-state index < -0.39 is 64.2 Å². The number of nitrogens with one attached hydrogen (secondary N) is 1. The highest BCUT2D eigenvalue weighted by Crippen LogP contribution is 2.30. The molecule has 1 amide bonds. The Morgan fingerprint density at radius 1 is 0.527 bits per heavy atom. The number of hydrogen-bond acceptors (Lipinski definition) is 15. The van der Waals surface area contributed by atoms with Gasteiger partial charge >= 0.3 is 18.4 Å². The van der Waals surface area contributed by atoms with Crippen LogP contribution in [0, 0.1) is 0 Å². The van der Waals surface area contributed by atoms with Gasteiger partial charge in [0.1, 0.15) is 24.6 Å². The van der Waals surface area contributed by atoms with Crippen LogP contribution in [-0.4, -0.2) is 116 Å². The van der Waals surface area contributed by atoms with Crippen LogP contribution in [0.25, 0.3) is 0 Å².